The molecule has 0 saturated heterocycles. The van der Waals surface area contributed by atoms with Gasteiger partial charge >= 0.3 is 32.0 Å². The van der Waals surface area contributed by atoms with Crippen molar-refractivity contribution in [3.8, 4) is 17.2 Å². The Labute approximate surface area is 318 Å². The summed E-state index contributed by atoms with van der Waals surface area (Å²) >= 11 is 0. The molecule has 0 aliphatic rings. The topological polar surface area (TPSA) is 71.4 Å². The molecule has 0 heterocycles. The molecule has 52 heavy (non-hydrogen) atoms. The van der Waals surface area contributed by atoms with Crippen LogP contribution in [0.1, 0.15) is 5.56 Å². The van der Waals surface area contributed by atoms with Crippen LogP contribution >= 0.6 is 8.60 Å². The molecule has 0 atom stereocenters. The second kappa shape index (κ2) is 22.8. The van der Waals surface area contributed by atoms with Crippen molar-refractivity contribution in [3.05, 3.63) is 234 Å². The Hall–Kier alpha value is -5.83. The summed E-state index contributed by atoms with van der Waals surface area (Å²) in [6, 6.07) is 67.1. The third-order valence-corrected chi connectivity index (χ3v) is 8.72. The first-order chi connectivity index (χ1) is 25.2. The number of benzene rings is 6. The van der Waals surface area contributed by atoms with Crippen LogP contribution in [0.4, 0.5) is 0 Å². The van der Waals surface area contributed by atoms with Gasteiger partial charge in [0.25, 0.3) is 0 Å². The maximum Gasteiger partial charge on any atom is 2.00 e. The molecule has 0 amide bonds. The van der Waals surface area contributed by atoms with Gasteiger partial charge in [-0.1, -0.05) is 153 Å². The minimum Gasteiger partial charge on any atom is -0.577 e. The molecule has 9 heteroatoms. The predicted molar refractivity (Wildman–Crippen MR) is 212 cm³/mol. The van der Waals surface area contributed by atoms with Gasteiger partial charge < -0.3 is 35.4 Å². The van der Waals surface area contributed by atoms with Gasteiger partial charge in [-0.3, -0.25) is 0 Å². The van der Waals surface area contributed by atoms with Gasteiger partial charge in [-0.2, -0.15) is 18.2 Å². The number of nitrogens with zero attached hydrogens (tertiary/aromatic N) is 2. The molecule has 0 spiro atoms. The van der Waals surface area contributed by atoms with Gasteiger partial charge in [-0.15, -0.1) is 16.4 Å². The van der Waals surface area contributed by atoms with Crippen LogP contribution in [0.3, 0.4) is 0 Å². The van der Waals surface area contributed by atoms with Gasteiger partial charge in [0.2, 0.25) is 0 Å². The summed E-state index contributed by atoms with van der Waals surface area (Å²) in [4.78, 5) is 7.25. The maximum atomic E-state index is 7.97. The van der Waals surface area contributed by atoms with E-state index in [1.807, 2.05) is 158 Å². The van der Waals surface area contributed by atoms with Crippen molar-refractivity contribution < 1.29 is 30.6 Å². The second-order valence-corrected chi connectivity index (χ2v) is 12.1. The molecule has 0 unspecified atom stereocenters. The minimum absolute atomic E-state index is 0. The maximum absolute atomic E-state index is 7.97. The second-order valence-electron chi connectivity index (χ2n) is 11.1. The Kier molecular flexibility index (Phi) is 17.8. The first-order valence-corrected chi connectivity index (χ1v) is 17.3. The number of nitroso groups, excluding NO2 is 1. The van der Waals surface area contributed by atoms with Crippen molar-refractivity contribution in [2.75, 3.05) is 0 Å². The number of rotatable bonds is 9. The molecule has 0 bridgehead atoms. The van der Waals surface area contributed by atoms with Crippen molar-refractivity contribution in [2.24, 2.45) is 0 Å². The quantitative estimate of drug-likeness (QED) is 0.0839. The summed E-state index contributed by atoms with van der Waals surface area (Å²) in [5.41, 5.74) is 10.3. The van der Waals surface area contributed by atoms with Gasteiger partial charge in [0, 0.05) is 0 Å². The van der Waals surface area contributed by atoms with Crippen molar-refractivity contribution in [1.29, 1.82) is 0 Å². The average molecular weight is 743 g/mol. The number of hydrogen-bond donors (Lipinski definition) is 0. The molecule has 0 N–H and O–H groups in total. The largest absolute Gasteiger partial charge is 2.00 e. The fraction of sp³-hybridized carbons (Fsp3) is 0.0233. The molecular formula is C43H37BMnN2O4P-. The van der Waals surface area contributed by atoms with Crippen LogP contribution in [0, 0.1) is 18.4 Å². The summed E-state index contributed by atoms with van der Waals surface area (Å²) < 4.78 is 21.7. The molecule has 7 aromatic carbocycles. The molecule has 7 aromatic rings. The first-order valence-electron chi connectivity index (χ1n) is 16.2. The van der Waals surface area contributed by atoms with Crippen LogP contribution in [0.5, 0.6) is 17.2 Å². The molecule has 259 valence electrons. The zero-order chi connectivity index (χ0) is 36.0. The van der Waals surface area contributed by atoms with Crippen LogP contribution in [0.25, 0.3) is 10.3 Å². The van der Waals surface area contributed by atoms with E-state index in [1.165, 1.54) is 5.56 Å². The van der Waals surface area contributed by atoms with E-state index in [9.17, 15) is 0 Å². The molecule has 0 saturated carbocycles. The fourth-order valence-corrected chi connectivity index (χ4v) is 6.22. The Balaban J connectivity index is 0.000000228. The van der Waals surface area contributed by atoms with E-state index in [0.717, 1.165) is 16.4 Å². The van der Waals surface area contributed by atoms with Gasteiger partial charge in [-0.05, 0) is 36.4 Å². The van der Waals surface area contributed by atoms with Crippen molar-refractivity contribution in [3.63, 3.8) is 0 Å². The van der Waals surface area contributed by atoms with Crippen LogP contribution < -0.4 is 30.0 Å². The Bertz CT molecular complexity index is 1780. The zero-order valence-electron chi connectivity index (χ0n) is 28.6. The van der Waals surface area contributed by atoms with Crippen LogP contribution in [-0.4, -0.2) is 6.28 Å². The van der Waals surface area contributed by atoms with Crippen molar-refractivity contribution in [2.45, 2.75) is 6.92 Å². The number of hydrogen-bond acceptors (Lipinski definition) is 4. The molecule has 6 nitrogen and oxygen atoms in total. The Morgan fingerprint density at radius 2 is 0.808 bits per heavy atom. The van der Waals surface area contributed by atoms with Gasteiger partial charge in [0.1, 0.15) is 17.2 Å². The first kappa shape index (κ1) is 40.6. The third-order valence-electron chi connectivity index (χ3n) is 7.64. The van der Waals surface area contributed by atoms with Crippen LogP contribution in [-0.2, 0) is 17.1 Å². The van der Waals surface area contributed by atoms with E-state index in [2.05, 4.69) is 60.2 Å². The zero-order valence-corrected chi connectivity index (χ0v) is 30.6. The normalized spacial score (nSPS) is 9.79. The SMILES string of the molecule is Cc1cc[cH-]c1.[C-]#[N+][B-](c1ccccc1)(c1ccccc1)c1ccccc1.[Mn+2].[N-]=O.c1ccc(OP(Oc2ccccc2)Oc2ccccc2)cc1. The minimum atomic E-state index is -1.61. The monoisotopic (exact) mass is 742 g/mol. The smallest absolute Gasteiger partial charge is 0.577 e. The fourth-order valence-electron chi connectivity index (χ4n) is 5.22. The molecule has 0 aliphatic carbocycles. The van der Waals surface area contributed by atoms with E-state index in [4.69, 9.17) is 30.6 Å². The Morgan fingerprint density at radius 3 is 1.02 bits per heavy atom. The average Bonchev–Trinajstić information content (AvgIpc) is 3.70. The van der Waals surface area contributed by atoms with E-state index < -0.39 is 14.9 Å². The molecule has 0 aliphatic heterocycles. The summed E-state index contributed by atoms with van der Waals surface area (Å²) in [5, 5.41) is 0. The van der Waals surface area contributed by atoms with Gasteiger partial charge in [-0.25, -0.2) is 11.6 Å². The summed E-state index contributed by atoms with van der Waals surface area (Å²) in [6.07, 6.45) is -1.61. The third kappa shape index (κ3) is 12.2. The number of para-hydroxylation sites is 3. The Morgan fingerprint density at radius 1 is 0.519 bits per heavy atom. The molecule has 0 fully saturated rings. The van der Waals surface area contributed by atoms with Crippen molar-refractivity contribution >= 4 is 31.3 Å². The predicted octanol–water partition coefficient (Wildman–Crippen LogP) is 10.1. The number of aryl methyl sites for hydroxylation is 1. The standard InChI is InChI=1S/C19H15BN.C18H15O3P.C6H7.Mn.NO/c1-21-20(17-11-5-2-6-12-17,18-13-7-3-8-14-18)19-15-9-4-10-16-19;1-4-10-16(11-5-1)19-22(20-17-12-6-2-7-13-17)21-18-14-8-3-9-15-18;1-6-4-2-3-5-6;;1-2/h2-16H;1-15H;2-5H,1H3;;/q-1;;-1;+2;-1. The van der Waals surface area contributed by atoms with Crippen LogP contribution in [0.15, 0.2) is 206 Å². The molecule has 7 rings (SSSR count). The van der Waals surface area contributed by atoms with E-state index in [-0.39, 0.29) is 17.1 Å². The van der Waals surface area contributed by atoms with Gasteiger partial charge in [0.15, 0.2) is 0 Å². The molecule has 1 radical (unpaired) electrons. The molecular weight excluding hydrogens is 705 g/mol. The van der Waals surface area contributed by atoms with Gasteiger partial charge in [0.05, 0.1) is 0 Å². The van der Waals surface area contributed by atoms with Crippen molar-refractivity contribution in [1.82, 2.24) is 0 Å². The van der Waals surface area contributed by atoms with E-state index in [0.29, 0.717) is 17.2 Å². The summed E-state index contributed by atoms with van der Waals surface area (Å²) in [6.45, 7) is 10.1. The van der Waals surface area contributed by atoms with Crippen LogP contribution in [0.2, 0.25) is 0 Å². The van der Waals surface area contributed by atoms with E-state index in [1.54, 1.807) is 0 Å². The summed E-state index contributed by atoms with van der Waals surface area (Å²) in [7, 11) is -1.59. The molecule has 0 aromatic heterocycles. The van der Waals surface area contributed by atoms with E-state index >= 15 is 0 Å². The summed E-state index contributed by atoms with van der Waals surface area (Å²) in [5.74, 6) is 2.13.